The summed E-state index contributed by atoms with van der Waals surface area (Å²) in [5.41, 5.74) is 1.23. The normalized spacial score (nSPS) is 17.5. The molecule has 5 heteroatoms. The van der Waals surface area contributed by atoms with Crippen molar-refractivity contribution in [1.29, 1.82) is 0 Å². The molecule has 0 unspecified atom stereocenters. The summed E-state index contributed by atoms with van der Waals surface area (Å²) in [4.78, 5) is 11.2. The summed E-state index contributed by atoms with van der Waals surface area (Å²) in [5, 5.41) is 4.23. The maximum Gasteiger partial charge on any atom is 0.356 e. The van der Waals surface area contributed by atoms with Crippen LogP contribution < -0.4 is 0 Å². The predicted octanol–water partition coefficient (Wildman–Crippen LogP) is 1.82. The summed E-state index contributed by atoms with van der Waals surface area (Å²) in [6, 6.07) is 1.72. The van der Waals surface area contributed by atoms with Crippen molar-refractivity contribution < 1.29 is 9.53 Å². The van der Waals surface area contributed by atoms with Gasteiger partial charge in [0.25, 0.3) is 0 Å². The van der Waals surface area contributed by atoms with E-state index in [1.54, 1.807) is 20.0 Å². The van der Waals surface area contributed by atoms with Crippen LogP contribution in [0.2, 0.25) is 0 Å². The molecule has 0 N–H and O–H groups in total. The van der Waals surface area contributed by atoms with Crippen LogP contribution in [-0.2, 0) is 16.7 Å². The molecule has 1 saturated carbocycles. The van der Waals surface area contributed by atoms with Gasteiger partial charge in [0.15, 0.2) is 0 Å². The van der Waals surface area contributed by atoms with Gasteiger partial charge in [0.05, 0.1) is 17.2 Å². The van der Waals surface area contributed by atoms with Crippen molar-refractivity contribution in [3.8, 4) is 0 Å². The van der Waals surface area contributed by atoms with Gasteiger partial charge < -0.3 is 4.74 Å². The van der Waals surface area contributed by atoms with Crippen LogP contribution in [0.4, 0.5) is 0 Å². The zero-order chi connectivity index (χ0) is 11.1. The SMILES string of the molecule is CCOC(=O)c1cc(C2(Cl)CC2)nn1C. The van der Waals surface area contributed by atoms with E-state index in [0.717, 1.165) is 18.5 Å². The molecule has 1 aromatic rings. The Labute approximate surface area is 93.2 Å². The number of rotatable bonds is 3. The maximum atomic E-state index is 11.5. The van der Waals surface area contributed by atoms with E-state index < -0.39 is 0 Å². The summed E-state index contributed by atoms with van der Waals surface area (Å²) in [7, 11) is 1.72. The van der Waals surface area contributed by atoms with Gasteiger partial charge in [-0.2, -0.15) is 5.10 Å². The molecule has 1 aromatic heterocycles. The molecule has 15 heavy (non-hydrogen) atoms. The largest absolute Gasteiger partial charge is 0.461 e. The highest BCUT2D eigenvalue weighted by Gasteiger charge is 2.45. The Morgan fingerprint density at radius 2 is 2.40 bits per heavy atom. The minimum Gasteiger partial charge on any atom is -0.461 e. The van der Waals surface area contributed by atoms with Gasteiger partial charge in [-0.15, -0.1) is 11.6 Å². The van der Waals surface area contributed by atoms with E-state index in [2.05, 4.69) is 5.10 Å². The quantitative estimate of drug-likeness (QED) is 0.586. The van der Waals surface area contributed by atoms with E-state index in [-0.39, 0.29) is 10.8 Å². The first-order chi connectivity index (χ1) is 7.07. The number of hydrogen-bond acceptors (Lipinski definition) is 3. The maximum absolute atomic E-state index is 11.5. The lowest BCUT2D eigenvalue weighted by Gasteiger charge is -1.99. The first-order valence-corrected chi connectivity index (χ1v) is 5.35. The highest BCUT2D eigenvalue weighted by Crippen LogP contribution is 2.51. The van der Waals surface area contributed by atoms with Gasteiger partial charge in [0.2, 0.25) is 0 Å². The Balaban J connectivity index is 2.25. The van der Waals surface area contributed by atoms with Gasteiger partial charge in [-0.05, 0) is 25.8 Å². The first kappa shape index (κ1) is 10.5. The van der Waals surface area contributed by atoms with E-state index >= 15 is 0 Å². The van der Waals surface area contributed by atoms with Crippen molar-refractivity contribution in [2.24, 2.45) is 7.05 Å². The molecule has 1 heterocycles. The monoisotopic (exact) mass is 228 g/mol. The van der Waals surface area contributed by atoms with Crippen LogP contribution in [-0.4, -0.2) is 22.4 Å². The molecule has 1 fully saturated rings. The summed E-state index contributed by atoms with van der Waals surface area (Å²) in [6.07, 6.45) is 1.85. The van der Waals surface area contributed by atoms with Gasteiger partial charge in [0, 0.05) is 7.05 Å². The minimum atomic E-state index is -0.348. The Morgan fingerprint density at radius 1 is 1.73 bits per heavy atom. The van der Waals surface area contributed by atoms with Crippen LogP contribution in [0.25, 0.3) is 0 Å². The number of nitrogens with zero attached hydrogens (tertiary/aromatic N) is 2. The molecule has 1 aliphatic carbocycles. The third-order valence-electron chi connectivity index (χ3n) is 2.51. The molecule has 0 aliphatic heterocycles. The second kappa shape index (κ2) is 3.52. The van der Waals surface area contributed by atoms with Crippen LogP contribution >= 0.6 is 11.6 Å². The Kier molecular flexibility index (Phi) is 2.46. The second-order valence-electron chi connectivity index (χ2n) is 3.72. The molecule has 4 nitrogen and oxygen atoms in total. The third-order valence-corrected chi connectivity index (χ3v) is 3.08. The highest BCUT2D eigenvalue weighted by molar-refractivity contribution is 6.25. The Hall–Kier alpha value is -1.03. The molecule has 82 valence electrons. The molecule has 2 rings (SSSR count). The van der Waals surface area contributed by atoms with Gasteiger partial charge >= 0.3 is 5.97 Å². The van der Waals surface area contributed by atoms with Crippen molar-refractivity contribution >= 4 is 17.6 Å². The molecule has 0 bridgehead atoms. The lowest BCUT2D eigenvalue weighted by molar-refractivity contribution is 0.0513. The van der Waals surface area contributed by atoms with E-state index in [9.17, 15) is 4.79 Å². The van der Waals surface area contributed by atoms with Crippen LogP contribution in [0.5, 0.6) is 0 Å². The standard InChI is InChI=1S/C10H13ClN2O2/c1-3-15-9(14)7-6-8(12-13(7)2)10(11)4-5-10/h6H,3-5H2,1-2H3. The van der Waals surface area contributed by atoms with Crippen molar-refractivity contribution in [3.05, 3.63) is 17.5 Å². The molecular formula is C10H13ClN2O2. The summed E-state index contributed by atoms with van der Waals surface area (Å²) >= 11 is 6.21. The van der Waals surface area contributed by atoms with Crippen LogP contribution in [0.15, 0.2) is 6.07 Å². The average molecular weight is 229 g/mol. The summed E-state index contributed by atoms with van der Waals surface area (Å²) in [6.45, 7) is 2.14. The molecule has 0 saturated heterocycles. The zero-order valence-electron chi connectivity index (χ0n) is 8.79. The number of carbonyl (C=O) groups excluding carboxylic acids is 1. The smallest absolute Gasteiger partial charge is 0.356 e. The number of esters is 1. The molecule has 1 aliphatic rings. The van der Waals surface area contributed by atoms with Crippen LogP contribution in [0.3, 0.4) is 0 Å². The van der Waals surface area contributed by atoms with Gasteiger partial charge in [0.1, 0.15) is 5.69 Å². The Bertz CT molecular complexity index is 396. The predicted molar refractivity (Wildman–Crippen MR) is 55.9 cm³/mol. The van der Waals surface area contributed by atoms with Crippen LogP contribution in [0, 0.1) is 0 Å². The van der Waals surface area contributed by atoms with E-state index in [1.807, 2.05) is 0 Å². The lowest BCUT2D eigenvalue weighted by Crippen LogP contribution is -2.10. The number of halogens is 1. The number of hydrogen-bond donors (Lipinski definition) is 0. The molecule has 0 spiro atoms. The van der Waals surface area contributed by atoms with Gasteiger partial charge in [-0.25, -0.2) is 4.79 Å². The average Bonchev–Trinajstić information content (AvgIpc) is 2.78. The molecule has 0 radical (unpaired) electrons. The van der Waals surface area contributed by atoms with E-state index in [0.29, 0.717) is 12.3 Å². The molecule has 0 atom stereocenters. The fourth-order valence-electron chi connectivity index (χ4n) is 1.45. The highest BCUT2D eigenvalue weighted by atomic mass is 35.5. The molecule has 0 amide bonds. The van der Waals surface area contributed by atoms with Crippen molar-refractivity contribution in [1.82, 2.24) is 9.78 Å². The summed E-state index contributed by atoms with van der Waals surface area (Å²) in [5.74, 6) is -0.348. The van der Waals surface area contributed by atoms with Gasteiger partial charge in [-0.3, -0.25) is 4.68 Å². The van der Waals surface area contributed by atoms with Crippen molar-refractivity contribution in [3.63, 3.8) is 0 Å². The van der Waals surface area contributed by atoms with E-state index in [1.165, 1.54) is 4.68 Å². The van der Waals surface area contributed by atoms with Crippen molar-refractivity contribution in [2.45, 2.75) is 24.6 Å². The van der Waals surface area contributed by atoms with Gasteiger partial charge in [-0.1, -0.05) is 0 Å². The zero-order valence-corrected chi connectivity index (χ0v) is 9.54. The number of alkyl halides is 1. The number of ether oxygens (including phenoxy) is 1. The minimum absolute atomic E-state index is 0.331. The number of aromatic nitrogens is 2. The van der Waals surface area contributed by atoms with Crippen molar-refractivity contribution in [2.75, 3.05) is 6.61 Å². The summed E-state index contributed by atoms with van der Waals surface area (Å²) < 4.78 is 6.44. The molecular weight excluding hydrogens is 216 g/mol. The number of aryl methyl sites for hydroxylation is 1. The third kappa shape index (κ3) is 1.86. The Morgan fingerprint density at radius 3 is 2.93 bits per heavy atom. The van der Waals surface area contributed by atoms with Crippen LogP contribution in [0.1, 0.15) is 35.9 Å². The molecule has 0 aromatic carbocycles. The lowest BCUT2D eigenvalue weighted by atomic mass is 10.2. The first-order valence-electron chi connectivity index (χ1n) is 4.97. The second-order valence-corrected chi connectivity index (χ2v) is 4.45. The van der Waals surface area contributed by atoms with E-state index in [4.69, 9.17) is 16.3 Å². The number of carbonyl (C=O) groups is 1. The fourth-order valence-corrected chi connectivity index (χ4v) is 1.64. The topological polar surface area (TPSA) is 44.1 Å². The fraction of sp³-hybridized carbons (Fsp3) is 0.600.